The number of hydrogen-bond acceptors (Lipinski definition) is 2. The molecule has 4 heteroatoms. The monoisotopic (exact) mass is 331 g/mol. The first-order chi connectivity index (χ1) is 11.1. The molecule has 0 radical (unpaired) electrons. The molecule has 1 fully saturated rings. The van der Waals surface area contributed by atoms with Gasteiger partial charge in [0.1, 0.15) is 5.82 Å². The van der Waals surface area contributed by atoms with Gasteiger partial charge in [-0.1, -0.05) is 23.7 Å². The molecule has 23 heavy (non-hydrogen) atoms. The minimum Gasteiger partial charge on any atom is -0.299 e. The number of carbonyl (C=O) groups excluding carboxylic acids is 1. The number of hydrogen-bond donors (Lipinski definition) is 0. The van der Waals surface area contributed by atoms with Crippen LogP contribution in [-0.2, 0) is 6.54 Å². The first-order valence-electron chi connectivity index (χ1n) is 7.88. The molecule has 2 aromatic rings. The van der Waals surface area contributed by atoms with Crippen LogP contribution in [0.1, 0.15) is 28.8 Å². The second-order valence-corrected chi connectivity index (χ2v) is 6.48. The van der Waals surface area contributed by atoms with E-state index in [1.165, 1.54) is 12.1 Å². The van der Waals surface area contributed by atoms with Crippen molar-refractivity contribution in [1.82, 2.24) is 4.90 Å². The molecule has 1 saturated heterocycles. The Bertz CT molecular complexity index is 661. The number of benzene rings is 2. The number of ketones is 1. The fraction of sp³-hybridized carbons (Fsp3) is 0.316. The fourth-order valence-corrected chi connectivity index (χ4v) is 3.18. The predicted octanol–water partition coefficient (Wildman–Crippen LogP) is 4.57. The number of halogens is 2. The van der Waals surface area contributed by atoms with E-state index >= 15 is 0 Å². The summed E-state index contributed by atoms with van der Waals surface area (Å²) >= 11 is 5.87. The molecule has 120 valence electrons. The lowest BCUT2D eigenvalue weighted by Gasteiger charge is -2.31. The van der Waals surface area contributed by atoms with Gasteiger partial charge in [0.05, 0.1) is 0 Å². The second-order valence-electron chi connectivity index (χ2n) is 6.05. The van der Waals surface area contributed by atoms with Crippen molar-refractivity contribution in [3.05, 3.63) is 70.5 Å². The van der Waals surface area contributed by atoms with Crippen LogP contribution in [0.15, 0.2) is 48.5 Å². The summed E-state index contributed by atoms with van der Waals surface area (Å²) in [6, 6.07) is 13.8. The van der Waals surface area contributed by atoms with Crippen LogP contribution in [0.4, 0.5) is 4.39 Å². The quantitative estimate of drug-likeness (QED) is 0.765. The van der Waals surface area contributed by atoms with Crippen LogP contribution in [0.3, 0.4) is 0 Å². The Balaban J connectivity index is 1.54. The zero-order valence-electron chi connectivity index (χ0n) is 12.8. The summed E-state index contributed by atoms with van der Waals surface area (Å²) in [5.74, 6) is 0.0877. The van der Waals surface area contributed by atoms with Gasteiger partial charge < -0.3 is 0 Å². The average molecular weight is 332 g/mol. The molecule has 1 heterocycles. The molecule has 0 amide bonds. The number of Topliss-reactive ketones (excluding diaryl/α,β-unsaturated/α-hetero) is 1. The van der Waals surface area contributed by atoms with Gasteiger partial charge in [0, 0.05) is 23.0 Å². The van der Waals surface area contributed by atoms with Gasteiger partial charge in [0.25, 0.3) is 0 Å². The Morgan fingerprint density at radius 1 is 1.04 bits per heavy atom. The largest absolute Gasteiger partial charge is 0.299 e. The molecule has 2 nitrogen and oxygen atoms in total. The molecule has 0 saturated carbocycles. The van der Waals surface area contributed by atoms with E-state index < -0.39 is 0 Å². The molecule has 3 rings (SSSR count). The average Bonchev–Trinajstić information content (AvgIpc) is 2.58. The molecule has 0 bridgehead atoms. The summed E-state index contributed by atoms with van der Waals surface area (Å²) in [5, 5.41) is 0.649. The molecule has 0 N–H and O–H groups in total. The molecule has 0 unspecified atom stereocenters. The number of nitrogens with zero attached hydrogens (tertiary/aromatic N) is 1. The zero-order chi connectivity index (χ0) is 16.2. The smallest absolute Gasteiger partial charge is 0.166 e. The highest BCUT2D eigenvalue weighted by Crippen LogP contribution is 2.23. The van der Waals surface area contributed by atoms with Crippen molar-refractivity contribution >= 4 is 17.4 Å². The maximum Gasteiger partial charge on any atom is 0.166 e. The predicted molar refractivity (Wildman–Crippen MR) is 90.2 cm³/mol. The van der Waals surface area contributed by atoms with Crippen molar-refractivity contribution in [2.24, 2.45) is 5.92 Å². The van der Waals surface area contributed by atoms with Crippen LogP contribution in [0, 0.1) is 11.7 Å². The van der Waals surface area contributed by atoms with Gasteiger partial charge in [-0.15, -0.1) is 0 Å². The maximum absolute atomic E-state index is 12.9. The van der Waals surface area contributed by atoms with Crippen molar-refractivity contribution in [2.75, 3.05) is 13.1 Å². The number of piperidine rings is 1. The SMILES string of the molecule is O=C(c1ccc(Cl)cc1)C1CCN(Cc2ccc(F)cc2)CC1. The molecule has 1 aliphatic heterocycles. The first-order valence-corrected chi connectivity index (χ1v) is 8.26. The highest BCUT2D eigenvalue weighted by Gasteiger charge is 2.25. The maximum atomic E-state index is 12.9. The molecule has 0 spiro atoms. The number of likely N-dealkylation sites (tertiary alicyclic amines) is 1. The van der Waals surface area contributed by atoms with E-state index in [0.717, 1.165) is 43.6 Å². The van der Waals surface area contributed by atoms with E-state index in [4.69, 9.17) is 11.6 Å². The van der Waals surface area contributed by atoms with Crippen LogP contribution in [0.25, 0.3) is 0 Å². The van der Waals surface area contributed by atoms with E-state index in [-0.39, 0.29) is 17.5 Å². The van der Waals surface area contributed by atoms with Gasteiger partial charge in [-0.05, 0) is 67.9 Å². The minimum absolute atomic E-state index is 0.0839. The van der Waals surface area contributed by atoms with E-state index in [1.807, 2.05) is 12.1 Å². The first kappa shape index (κ1) is 16.2. The second kappa shape index (κ2) is 7.24. The third-order valence-electron chi connectivity index (χ3n) is 4.41. The Kier molecular flexibility index (Phi) is 5.09. The van der Waals surface area contributed by atoms with Crippen molar-refractivity contribution in [1.29, 1.82) is 0 Å². The molecule has 0 aliphatic carbocycles. The van der Waals surface area contributed by atoms with Crippen LogP contribution in [0.2, 0.25) is 5.02 Å². The number of carbonyl (C=O) groups is 1. The van der Waals surface area contributed by atoms with Crippen LogP contribution < -0.4 is 0 Å². The van der Waals surface area contributed by atoms with Gasteiger partial charge in [0.2, 0.25) is 0 Å². The normalized spacial score (nSPS) is 16.4. The fourth-order valence-electron chi connectivity index (χ4n) is 3.05. The van der Waals surface area contributed by atoms with Crippen molar-refractivity contribution in [2.45, 2.75) is 19.4 Å². The molecule has 0 atom stereocenters. The van der Waals surface area contributed by atoms with E-state index in [1.54, 1.807) is 24.3 Å². The molecular weight excluding hydrogens is 313 g/mol. The third kappa shape index (κ3) is 4.18. The summed E-state index contributed by atoms with van der Waals surface area (Å²) < 4.78 is 12.9. The Labute approximate surface area is 140 Å². The molecular formula is C19H19ClFNO. The summed E-state index contributed by atoms with van der Waals surface area (Å²) in [5.41, 5.74) is 1.85. The van der Waals surface area contributed by atoms with Crippen molar-refractivity contribution < 1.29 is 9.18 Å². The topological polar surface area (TPSA) is 20.3 Å². The standard InChI is InChI=1S/C19H19ClFNO/c20-17-5-3-15(4-6-17)19(23)16-9-11-22(12-10-16)13-14-1-7-18(21)8-2-14/h1-8,16H,9-13H2. The number of rotatable bonds is 4. The highest BCUT2D eigenvalue weighted by molar-refractivity contribution is 6.30. The van der Waals surface area contributed by atoms with Crippen LogP contribution >= 0.6 is 11.6 Å². The van der Waals surface area contributed by atoms with E-state index in [0.29, 0.717) is 5.02 Å². The third-order valence-corrected chi connectivity index (χ3v) is 4.66. The lowest BCUT2D eigenvalue weighted by molar-refractivity contribution is 0.0835. The van der Waals surface area contributed by atoms with E-state index in [2.05, 4.69) is 4.90 Å². The zero-order valence-corrected chi connectivity index (χ0v) is 13.6. The van der Waals surface area contributed by atoms with Crippen LogP contribution in [0.5, 0.6) is 0 Å². The summed E-state index contributed by atoms with van der Waals surface area (Å²) in [6.07, 6.45) is 1.73. The van der Waals surface area contributed by atoms with Gasteiger partial charge in [0.15, 0.2) is 5.78 Å². The lowest BCUT2D eigenvalue weighted by Crippen LogP contribution is -2.35. The van der Waals surface area contributed by atoms with E-state index in [9.17, 15) is 9.18 Å². The molecule has 2 aromatic carbocycles. The van der Waals surface area contributed by atoms with Gasteiger partial charge in [-0.2, -0.15) is 0 Å². The summed E-state index contributed by atoms with van der Waals surface area (Å²) in [6.45, 7) is 2.59. The Hall–Kier alpha value is -1.71. The molecule has 0 aromatic heterocycles. The summed E-state index contributed by atoms with van der Waals surface area (Å²) in [4.78, 5) is 14.8. The van der Waals surface area contributed by atoms with Crippen LogP contribution in [-0.4, -0.2) is 23.8 Å². The van der Waals surface area contributed by atoms with Gasteiger partial charge in [-0.3, -0.25) is 9.69 Å². The van der Waals surface area contributed by atoms with Crippen molar-refractivity contribution in [3.8, 4) is 0 Å². The minimum atomic E-state index is -0.207. The molecule has 1 aliphatic rings. The highest BCUT2D eigenvalue weighted by atomic mass is 35.5. The van der Waals surface area contributed by atoms with Gasteiger partial charge >= 0.3 is 0 Å². The Morgan fingerprint density at radius 3 is 2.26 bits per heavy atom. The van der Waals surface area contributed by atoms with Crippen molar-refractivity contribution in [3.63, 3.8) is 0 Å². The van der Waals surface area contributed by atoms with Gasteiger partial charge in [-0.25, -0.2) is 4.39 Å². The Morgan fingerprint density at radius 2 is 1.65 bits per heavy atom. The summed E-state index contributed by atoms with van der Waals surface area (Å²) in [7, 11) is 0. The lowest BCUT2D eigenvalue weighted by atomic mass is 9.89.